The summed E-state index contributed by atoms with van der Waals surface area (Å²) in [5.74, 6) is -0.354. The Morgan fingerprint density at radius 1 is 1.50 bits per heavy atom. The Labute approximate surface area is 61.0 Å². The van der Waals surface area contributed by atoms with E-state index in [0.717, 1.165) is 0 Å². The van der Waals surface area contributed by atoms with Crippen LogP contribution in [0.5, 0.6) is 0 Å². The van der Waals surface area contributed by atoms with Gasteiger partial charge < -0.3 is 5.73 Å². The molecular formula is C2H7NO3SZn. The van der Waals surface area contributed by atoms with Gasteiger partial charge in [-0.05, 0) is 0 Å². The molecule has 4 nitrogen and oxygen atoms in total. The van der Waals surface area contributed by atoms with E-state index in [1.54, 1.807) is 0 Å². The monoisotopic (exact) mass is 189 g/mol. The maximum atomic E-state index is 9.71. The average molecular weight is 191 g/mol. The standard InChI is InChI=1S/C2H7NO3S.Zn/c3-1-2-7(4,5)6;/h1-3H2,(H,4,5,6);. The van der Waals surface area contributed by atoms with Crippen LogP contribution in [-0.4, -0.2) is 25.3 Å². The van der Waals surface area contributed by atoms with E-state index in [1.165, 1.54) is 0 Å². The van der Waals surface area contributed by atoms with Gasteiger partial charge in [0.05, 0.1) is 5.75 Å². The summed E-state index contributed by atoms with van der Waals surface area (Å²) in [5.41, 5.74) is 4.78. The first-order valence-electron chi connectivity index (χ1n) is 1.71. The van der Waals surface area contributed by atoms with E-state index in [9.17, 15) is 8.42 Å². The average Bonchev–Trinajstić information content (AvgIpc) is 1.30. The number of hydrogen-bond acceptors (Lipinski definition) is 3. The minimum absolute atomic E-state index is 0. The van der Waals surface area contributed by atoms with Crippen LogP contribution >= 0.6 is 0 Å². The van der Waals surface area contributed by atoms with Crippen molar-refractivity contribution >= 4 is 10.1 Å². The first-order valence-corrected chi connectivity index (χ1v) is 3.32. The molecule has 0 aromatic carbocycles. The summed E-state index contributed by atoms with van der Waals surface area (Å²) >= 11 is 0. The van der Waals surface area contributed by atoms with E-state index in [2.05, 4.69) is 0 Å². The maximum Gasteiger partial charge on any atom is 0.266 e. The number of nitrogens with two attached hydrogens (primary N) is 1. The van der Waals surface area contributed by atoms with E-state index in [-0.39, 0.29) is 31.8 Å². The third-order valence-electron chi connectivity index (χ3n) is 0.376. The van der Waals surface area contributed by atoms with Crippen molar-refractivity contribution < 1.29 is 32.4 Å². The van der Waals surface area contributed by atoms with E-state index >= 15 is 0 Å². The Kier molecular flexibility index (Phi) is 6.19. The Bertz CT molecular complexity index is 130. The van der Waals surface area contributed by atoms with Crippen LogP contribution in [-0.2, 0) is 29.6 Å². The smallest absolute Gasteiger partial charge is 0.266 e. The summed E-state index contributed by atoms with van der Waals surface area (Å²) in [5, 5.41) is 0. The van der Waals surface area contributed by atoms with Crippen LogP contribution in [0.25, 0.3) is 0 Å². The second-order valence-electron chi connectivity index (χ2n) is 1.07. The Balaban J connectivity index is 0. The molecule has 6 heteroatoms. The van der Waals surface area contributed by atoms with Crippen molar-refractivity contribution in [1.82, 2.24) is 0 Å². The quantitative estimate of drug-likeness (QED) is 0.425. The van der Waals surface area contributed by atoms with Crippen molar-refractivity contribution in [2.75, 3.05) is 12.3 Å². The predicted molar refractivity (Wildman–Crippen MR) is 25.5 cm³/mol. The van der Waals surface area contributed by atoms with Gasteiger partial charge in [-0.15, -0.1) is 0 Å². The molecule has 0 aliphatic heterocycles. The minimum atomic E-state index is -3.80. The van der Waals surface area contributed by atoms with Crippen molar-refractivity contribution in [3.8, 4) is 0 Å². The first kappa shape index (κ1) is 11.3. The second kappa shape index (κ2) is 4.38. The molecule has 0 atom stereocenters. The molecule has 0 fully saturated rings. The zero-order valence-electron chi connectivity index (χ0n) is 4.37. The molecule has 0 heterocycles. The molecule has 0 saturated heterocycles. The van der Waals surface area contributed by atoms with Crippen molar-refractivity contribution in [3.63, 3.8) is 0 Å². The van der Waals surface area contributed by atoms with Crippen LogP contribution in [0.15, 0.2) is 0 Å². The van der Waals surface area contributed by atoms with Crippen molar-refractivity contribution in [2.45, 2.75) is 0 Å². The van der Waals surface area contributed by atoms with Gasteiger partial charge in [0, 0.05) is 26.0 Å². The van der Waals surface area contributed by atoms with Crippen LogP contribution in [0.2, 0.25) is 0 Å². The summed E-state index contributed by atoms with van der Waals surface area (Å²) in [4.78, 5) is 0. The molecule has 0 aliphatic rings. The molecule has 0 spiro atoms. The first-order chi connectivity index (χ1) is 3.06. The van der Waals surface area contributed by atoms with Gasteiger partial charge in [0.2, 0.25) is 0 Å². The number of rotatable bonds is 2. The van der Waals surface area contributed by atoms with Gasteiger partial charge in [0.25, 0.3) is 10.1 Å². The van der Waals surface area contributed by atoms with Crippen molar-refractivity contribution in [2.24, 2.45) is 5.73 Å². The summed E-state index contributed by atoms with van der Waals surface area (Å²) < 4.78 is 27.3. The summed E-state index contributed by atoms with van der Waals surface area (Å²) in [6.07, 6.45) is 0. The zero-order valence-corrected chi connectivity index (χ0v) is 8.15. The normalized spacial score (nSPS) is 10.2. The molecule has 8 heavy (non-hydrogen) atoms. The summed E-state index contributed by atoms with van der Waals surface area (Å²) in [6.45, 7) is -0.0289. The topological polar surface area (TPSA) is 80.4 Å². The van der Waals surface area contributed by atoms with Gasteiger partial charge in [-0.1, -0.05) is 0 Å². The maximum absolute atomic E-state index is 9.71. The van der Waals surface area contributed by atoms with Gasteiger partial charge in [-0.2, -0.15) is 8.42 Å². The fraction of sp³-hybridized carbons (Fsp3) is 1.00. The Morgan fingerprint density at radius 3 is 1.88 bits per heavy atom. The van der Waals surface area contributed by atoms with E-state index in [1.807, 2.05) is 0 Å². The van der Waals surface area contributed by atoms with Crippen molar-refractivity contribution in [3.05, 3.63) is 0 Å². The SMILES string of the molecule is NCCS(=O)(=O)O.[Zn]. The third kappa shape index (κ3) is 9.71. The predicted octanol–water partition coefficient (Wildman–Crippen LogP) is -1.17. The van der Waals surface area contributed by atoms with E-state index < -0.39 is 10.1 Å². The Hall–Kier alpha value is 0.493. The number of hydrogen-bond donors (Lipinski definition) is 2. The Morgan fingerprint density at radius 2 is 1.88 bits per heavy atom. The molecule has 0 unspecified atom stereocenters. The minimum Gasteiger partial charge on any atom is -0.329 e. The van der Waals surface area contributed by atoms with E-state index in [0.29, 0.717) is 0 Å². The van der Waals surface area contributed by atoms with Crippen molar-refractivity contribution in [1.29, 1.82) is 0 Å². The van der Waals surface area contributed by atoms with Crippen LogP contribution in [0, 0.1) is 0 Å². The van der Waals surface area contributed by atoms with Gasteiger partial charge in [0.1, 0.15) is 0 Å². The molecular weight excluding hydrogens is 183 g/mol. The molecule has 0 aromatic heterocycles. The zero-order chi connectivity index (χ0) is 5.91. The largest absolute Gasteiger partial charge is 0.329 e. The van der Waals surface area contributed by atoms with Crippen LogP contribution in [0.1, 0.15) is 0 Å². The molecule has 0 aromatic rings. The van der Waals surface area contributed by atoms with Gasteiger partial charge in [-0.3, -0.25) is 4.55 Å². The van der Waals surface area contributed by atoms with Gasteiger partial charge in [0.15, 0.2) is 0 Å². The second-order valence-corrected chi connectivity index (χ2v) is 2.65. The molecule has 0 bridgehead atoms. The van der Waals surface area contributed by atoms with Gasteiger partial charge >= 0.3 is 0 Å². The van der Waals surface area contributed by atoms with Gasteiger partial charge in [-0.25, -0.2) is 0 Å². The van der Waals surface area contributed by atoms with Crippen LogP contribution in [0.4, 0.5) is 0 Å². The van der Waals surface area contributed by atoms with Crippen LogP contribution in [0.3, 0.4) is 0 Å². The molecule has 0 radical (unpaired) electrons. The molecule has 0 amide bonds. The molecule has 0 rings (SSSR count). The van der Waals surface area contributed by atoms with E-state index in [4.69, 9.17) is 10.3 Å². The summed E-state index contributed by atoms with van der Waals surface area (Å²) in [6, 6.07) is 0. The molecule has 3 N–H and O–H groups in total. The fourth-order valence-corrected chi connectivity index (χ4v) is 0.447. The summed E-state index contributed by atoms with van der Waals surface area (Å²) in [7, 11) is -3.80. The molecule has 0 saturated carbocycles. The fourth-order valence-electron chi connectivity index (χ4n) is 0.149. The molecule has 46 valence electrons. The van der Waals surface area contributed by atoms with Crippen LogP contribution < -0.4 is 5.73 Å². The third-order valence-corrected chi connectivity index (χ3v) is 1.13. The molecule has 0 aliphatic carbocycles.